The molecule has 0 bridgehead atoms. The van der Waals surface area contributed by atoms with Gasteiger partial charge in [-0.1, -0.05) is 26.8 Å². The zero-order chi connectivity index (χ0) is 24.4. The number of carboxylic acid groups (broad SMARTS) is 1. The largest absolute Gasteiger partial charge is 0.465 e. The number of aromatic nitrogens is 2. The maximum atomic E-state index is 15.0. The van der Waals surface area contributed by atoms with E-state index in [1.807, 2.05) is 20.8 Å². The summed E-state index contributed by atoms with van der Waals surface area (Å²) in [5, 5.41) is 9.64. The Morgan fingerprint density at radius 1 is 1.24 bits per heavy atom. The first kappa shape index (κ1) is 24.1. The molecule has 0 aliphatic rings. The van der Waals surface area contributed by atoms with Gasteiger partial charge >= 0.3 is 6.09 Å². The minimum atomic E-state index is -4.19. The Morgan fingerprint density at radius 3 is 2.55 bits per heavy atom. The van der Waals surface area contributed by atoms with Gasteiger partial charge in [-0.05, 0) is 41.3 Å². The van der Waals surface area contributed by atoms with Gasteiger partial charge in [0.2, 0.25) is 0 Å². The molecule has 0 aliphatic heterocycles. The monoisotopic (exact) mass is 473 g/mol. The molecule has 8 nitrogen and oxygen atoms in total. The van der Waals surface area contributed by atoms with Gasteiger partial charge < -0.3 is 10.0 Å². The second-order valence-electron chi connectivity index (χ2n) is 8.75. The lowest BCUT2D eigenvalue weighted by atomic mass is 9.96. The standard InChI is InChI=1S/C23H24FN3O5S/c1-23(2,3)15-26(22(29)30)12-16-10-20(19-8-4-6-17(14-28)21(19)24)27(13-16)33(31,32)18-7-5-9-25-11-18/h4-11,13-14H,12,15H2,1-3H3,(H,29,30). The van der Waals surface area contributed by atoms with Gasteiger partial charge in [0.1, 0.15) is 10.7 Å². The fourth-order valence-electron chi connectivity index (χ4n) is 3.41. The van der Waals surface area contributed by atoms with Crippen molar-refractivity contribution in [3.63, 3.8) is 0 Å². The number of rotatable bonds is 7. The highest BCUT2D eigenvalue weighted by Crippen LogP contribution is 2.31. The van der Waals surface area contributed by atoms with Gasteiger partial charge in [0.25, 0.3) is 10.0 Å². The van der Waals surface area contributed by atoms with Crippen molar-refractivity contribution in [3.05, 3.63) is 71.9 Å². The van der Waals surface area contributed by atoms with E-state index < -0.39 is 21.9 Å². The van der Waals surface area contributed by atoms with Crippen molar-refractivity contribution in [1.29, 1.82) is 0 Å². The van der Waals surface area contributed by atoms with Crippen LogP contribution >= 0.6 is 0 Å². The number of carbonyl (C=O) groups is 2. The highest BCUT2D eigenvalue weighted by molar-refractivity contribution is 7.90. The van der Waals surface area contributed by atoms with Crippen LogP contribution in [0.1, 0.15) is 36.7 Å². The molecule has 0 saturated carbocycles. The third kappa shape index (κ3) is 5.28. The van der Waals surface area contributed by atoms with Crippen molar-refractivity contribution < 1.29 is 27.5 Å². The molecule has 3 rings (SSSR count). The number of halogens is 1. The van der Waals surface area contributed by atoms with Crippen LogP contribution < -0.4 is 0 Å². The number of benzene rings is 1. The van der Waals surface area contributed by atoms with Crippen LogP contribution in [0.5, 0.6) is 0 Å². The summed E-state index contributed by atoms with van der Waals surface area (Å²) in [6, 6.07) is 8.32. The number of nitrogens with zero attached hydrogens (tertiary/aromatic N) is 3. The van der Waals surface area contributed by atoms with E-state index >= 15 is 0 Å². The Balaban J connectivity index is 2.19. The third-order valence-electron chi connectivity index (χ3n) is 4.77. The Labute approximate surface area is 191 Å². The summed E-state index contributed by atoms with van der Waals surface area (Å²) in [7, 11) is -4.19. The van der Waals surface area contributed by atoms with Gasteiger partial charge in [0.05, 0.1) is 17.8 Å². The molecule has 3 aromatic rings. The lowest BCUT2D eigenvalue weighted by molar-refractivity contribution is 0.111. The van der Waals surface area contributed by atoms with E-state index in [9.17, 15) is 27.5 Å². The Morgan fingerprint density at radius 2 is 1.97 bits per heavy atom. The highest BCUT2D eigenvalue weighted by Gasteiger charge is 2.26. The molecule has 0 aliphatic carbocycles. The fourth-order valence-corrected chi connectivity index (χ4v) is 4.77. The van der Waals surface area contributed by atoms with Crippen molar-refractivity contribution in [1.82, 2.24) is 13.9 Å². The number of carbonyl (C=O) groups excluding carboxylic acids is 1. The summed E-state index contributed by atoms with van der Waals surface area (Å²) < 4.78 is 42.6. The van der Waals surface area contributed by atoms with Crippen LogP contribution in [-0.4, -0.2) is 46.3 Å². The van der Waals surface area contributed by atoms with Crippen molar-refractivity contribution in [2.45, 2.75) is 32.2 Å². The highest BCUT2D eigenvalue weighted by atomic mass is 32.2. The maximum absolute atomic E-state index is 15.0. The van der Waals surface area contributed by atoms with E-state index in [2.05, 4.69) is 4.98 Å². The van der Waals surface area contributed by atoms with Crippen molar-refractivity contribution in [2.24, 2.45) is 5.41 Å². The van der Waals surface area contributed by atoms with Crippen molar-refractivity contribution >= 4 is 22.4 Å². The second-order valence-corrected chi connectivity index (χ2v) is 10.6. The molecule has 1 aromatic carbocycles. The average Bonchev–Trinajstić information content (AvgIpc) is 3.17. The molecule has 33 heavy (non-hydrogen) atoms. The van der Waals surface area contributed by atoms with Crippen LogP contribution in [0, 0.1) is 11.2 Å². The molecule has 0 fully saturated rings. The molecule has 0 unspecified atom stereocenters. The fraction of sp³-hybridized carbons (Fsp3) is 0.261. The molecular weight excluding hydrogens is 449 g/mol. The van der Waals surface area contributed by atoms with Crippen molar-refractivity contribution in [2.75, 3.05) is 6.54 Å². The van der Waals surface area contributed by atoms with E-state index in [-0.39, 0.29) is 40.2 Å². The summed E-state index contributed by atoms with van der Waals surface area (Å²) in [4.78, 5) is 27.9. The zero-order valence-corrected chi connectivity index (χ0v) is 19.2. The molecule has 0 saturated heterocycles. The number of amides is 1. The van der Waals surface area contributed by atoms with Crippen LogP contribution in [0.3, 0.4) is 0 Å². The minimum Gasteiger partial charge on any atom is -0.465 e. The molecule has 2 heterocycles. The maximum Gasteiger partial charge on any atom is 0.407 e. The number of aldehydes is 1. The van der Waals surface area contributed by atoms with Gasteiger partial charge in [-0.2, -0.15) is 0 Å². The van der Waals surface area contributed by atoms with Crippen LogP contribution in [-0.2, 0) is 16.6 Å². The van der Waals surface area contributed by atoms with Gasteiger partial charge in [-0.15, -0.1) is 0 Å². The molecule has 1 amide bonds. The summed E-state index contributed by atoms with van der Waals surface area (Å²) in [5.74, 6) is -0.871. The lowest BCUT2D eigenvalue weighted by Crippen LogP contribution is -2.36. The first-order valence-corrected chi connectivity index (χ1v) is 11.5. The van der Waals surface area contributed by atoms with E-state index in [0.717, 1.165) is 3.97 Å². The van der Waals surface area contributed by atoms with Gasteiger partial charge in [-0.25, -0.2) is 21.6 Å². The predicted molar refractivity (Wildman–Crippen MR) is 120 cm³/mol. The van der Waals surface area contributed by atoms with Crippen LogP contribution in [0.15, 0.2) is 59.9 Å². The summed E-state index contributed by atoms with van der Waals surface area (Å²) in [6.45, 7) is 5.74. The molecule has 0 spiro atoms. The lowest BCUT2D eigenvalue weighted by Gasteiger charge is -2.27. The van der Waals surface area contributed by atoms with E-state index in [0.29, 0.717) is 11.8 Å². The Hall–Kier alpha value is -3.53. The summed E-state index contributed by atoms with van der Waals surface area (Å²) in [5.41, 5.74) is -0.344. The quantitative estimate of drug-likeness (QED) is 0.514. The zero-order valence-electron chi connectivity index (χ0n) is 18.4. The van der Waals surface area contributed by atoms with Crippen LogP contribution in [0.25, 0.3) is 11.3 Å². The van der Waals surface area contributed by atoms with E-state index in [4.69, 9.17) is 0 Å². The van der Waals surface area contributed by atoms with E-state index in [1.165, 1.54) is 59.9 Å². The number of hydrogen-bond acceptors (Lipinski definition) is 5. The van der Waals surface area contributed by atoms with E-state index in [1.54, 1.807) is 0 Å². The SMILES string of the molecule is CC(C)(C)CN(Cc1cc(-c2cccc(C=O)c2F)n(S(=O)(=O)c2cccnc2)c1)C(=O)O. The van der Waals surface area contributed by atoms with Gasteiger partial charge in [0, 0.05) is 30.7 Å². The molecule has 0 atom stereocenters. The minimum absolute atomic E-state index is 0.0313. The third-order valence-corrected chi connectivity index (χ3v) is 6.43. The topological polar surface area (TPSA) is 110 Å². The average molecular weight is 474 g/mol. The molecule has 2 aromatic heterocycles. The first-order valence-electron chi connectivity index (χ1n) is 10.0. The van der Waals surface area contributed by atoms with Crippen LogP contribution in [0.2, 0.25) is 0 Å². The first-order chi connectivity index (χ1) is 15.4. The summed E-state index contributed by atoms with van der Waals surface area (Å²) in [6.07, 6.45) is 3.04. The Bertz CT molecular complexity index is 1280. The summed E-state index contributed by atoms with van der Waals surface area (Å²) >= 11 is 0. The number of pyridine rings is 1. The second kappa shape index (κ2) is 9.14. The van der Waals surface area contributed by atoms with Gasteiger partial charge in [-0.3, -0.25) is 9.78 Å². The Kier molecular flexibility index (Phi) is 6.68. The predicted octanol–water partition coefficient (Wildman–Crippen LogP) is 4.26. The molecule has 174 valence electrons. The molecule has 0 radical (unpaired) electrons. The molecule has 1 N–H and O–H groups in total. The van der Waals surface area contributed by atoms with Crippen molar-refractivity contribution in [3.8, 4) is 11.3 Å². The van der Waals surface area contributed by atoms with Gasteiger partial charge in [0.15, 0.2) is 6.29 Å². The van der Waals surface area contributed by atoms with Crippen LogP contribution in [0.4, 0.5) is 9.18 Å². The number of hydrogen-bond donors (Lipinski definition) is 1. The smallest absolute Gasteiger partial charge is 0.407 e. The molecular formula is C23H24FN3O5S. The molecule has 10 heteroatoms. The normalized spacial score (nSPS) is 11.9.